The SMILES string of the molecule is CCc1cc(C(=NC)NNC)ccc1CNC(=O)c1cc(C(=O)NCc2ccc(O)c(O)c2)ncn1. The third kappa shape index (κ3) is 6.54. The highest BCUT2D eigenvalue weighted by Crippen LogP contribution is 2.24. The molecule has 188 valence electrons. The molecule has 11 nitrogen and oxygen atoms in total. The van der Waals surface area contributed by atoms with E-state index < -0.39 is 11.8 Å². The normalized spacial score (nSPS) is 11.1. The van der Waals surface area contributed by atoms with Crippen LogP contribution in [-0.2, 0) is 19.5 Å². The Morgan fingerprint density at radius 3 is 2.19 bits per heavy atom. The van der Waals surface area contributed by atoms with Crippen LogP contribution in [-0.4, -0.2) is 51.9 Å². The highest BCUT2D eigenvalue weighted by atomic mass is 16.3. The van der Waals surface area contributed by atoms with Gasteiger partial charge >= 0.3 is 0 Å². The summed E-state index contributed by atoms with van der Waals surface area (Å²) in [7, 11) is 3.47. The molecule has 3 rings (SSSR count). The minimum atomic E-state index is -0.508. The van der Waals surface area contributed by atoms with E-state index in [2.05, 4.69) is 36.4 Å². The number of carbonyl (C=O) groups excluding carboxylic acids is 2. The number of nitrogens with zero attached hydrogens (tertiary/aromatic N) is 3. The minimum absolute atomic E-state index is 0.0279. The highest BCUT2D eigenvalue weighted by molar-refractivity contribution is 5.99. The van der Waals surface area contributed by atoms with E-state index in [1.807, 2.05) is 25.1 Å². The Morgan fingerprint density at radius 2 is 1.58 bits per heavy atom. The summed E-state index contributed by atoms with van der Waals surface area (Å²) in [6.45, 7) is 2.42. The number of nitrogens with one attached hydrogen (secondary N) is 4. The molecule has 11 heteroatoms. The van der Waals surface area contributed by atoms with Crippen molar-refractivity contribution in [2.75, 3.05) is 14.1 Å². The van der Waals surface area contributed by atoms with Crippen LogP contribution >= 0.6 is 0 Å². The summed E-state index contributed by atoms with van der Waals surface area (Å²) in [4.78, 5) is 37.4. The molecule has 0 aliphatic heterocycles. The molecule has 3 aromatic rings. The zero-order chi connectivity index (χ0) is 26.1. The van der Waals surface area contributed by atoms with Crippen molar-refractivity contribution in [2.45, 2.75) is 26.4 Å². The minimum Gasteiger partial charge on any atom is -0.504 e. The fourth-order valence-corrected chi connectivity index (χ4v) is 3.47. The first kappa shape index (κ1) is 26.1. The molecule has 0 atom stereocenters. The lowest BCUT2D eigenvalue weighted by Crippen LogP contribution is -2.35. The van der Waals surface area contributed by atoms with E-state index in [-0.39, 0.29) is 36.0 Å². The molecule has 0 aliphatic carbocycles. The van der Waals surface area contributed by atoms with Gasteiger partial charge in [0.05, 0.1) is 0 Å². The molecule has 6 N–H and O–H groups in total. The number of amides is 2. The lowest BCUT2D eigenvalue weighted by Gasteiger charge is -2.13. The Labute approximate surface area is 208 Å². The Balaban J connectivity index is 1.64. The van der Waals surface area contributed by atoms with Crippen molar-refractivity contribution in [2.24, 2.45) is 4.99 Å². The number of carbonyl (C=O) groups is 2. The van der Waals surface area contributed by atoms with Crippen LogP contribution in [0.3, 0.4) is 0 Å². The number of benzene rings is 2. The summed E-state index contributed by atoms with van der Waals surface area (Å²) in [6.07, 6.45) is 1.93. The molecule has 2 amide bonds. The average Bonchev–Trinajstić information content (AvgIpc) is 2.90. The summed E-state index contributed by atoms with van der Waals surface area (Å²) >= 11 is 0. The average molecular weight is 492 g/mol. The first-order valence-electron chi connectivity index (χ1n) is 11.3. The van der Waals surface area contributed by atoms with Crippen molar-refractivity contribution in [3.05, 3.63) is 82.4 Å². The zero-order valence-corrected chi connectivity index (χ0v) is 20.3. The second kappa shape index (κ2) is 12.3. The van der Waals surface area contributed by atoms with Crippen LogP contribution in [0.1, 0.15) is 50.2 Å². The Kier molecular flexibility index (Phi) is 8.89. The van der Waals surface area contributed by atoms with Gasteiger partial charge in [-0.2, -0.15) is 0 Å². The van der Waals surface area contributed by atoms with Gasteiger partial charge in [-0.1, -0.05) is 25.1 Å². The van der Waals surface area contributed by atoms with Crippen molar-refractivity contribution in [3.8, 4) is 11.5 Å². The molecule has 0 saturated heterocycles. The maximum absolute atomic E-state index is 12.7. The lowest BCUT2D eigenvalue weighted by molar-refractivity contribution is 0.0944. The number of aliphatic imine (C=N–C) groups is 1. The van der Waals surface area contributed by atoms with E-state index in [4.69, 9.17) is 0 Å². The summed E-state index contributed by atoms with van der Waals surface area (Å²) in [5.74, 6) is -0.766. The number of rotatable bonds is 9. The number of hydrogen-bond acceptors (Lipinski definition) is 8. The van der Waals surface area contributed by atoms with Crippen LogP contribution in [0.2, 0.25) is 0 Å². The molecule has 36 heavy (non-hydrogen) atoms. The van der Waals surface area contributed by atoms with Gasteiger partial charge in [0.15, 0.2) is 11.5 Å². The van der Waals surface area contributed by atoms with E-state index in [1.54, 1.807) is 20.2 Å². The quantitative estimate of drug-likeness (QED) is 0.113. The molecule has 0 unspecified atom stereocenters. The predicted molar refractivity (Wildman–Crippen MR) is 135 cm³/mol. The van der Waals surface area contributed by atoms with Crippen LogP contribution in [0.15, 0.2) is 53.8 Å². The number of hydrogen-bond donors (Lipinski definition) is 6. The topological polar surface area (TPSA) is 161 Å². The van der Waals surface area contributed by atoms with Gasteiger partial charge < -0.3 is 26.3 Å². The smallest absolute Gasteiger partial charge is 0.270 e. The second-order valence-electron chi connectivity index (χ2n) is 7.76. The summed E-state index contributed by atoms with van der Waals surface area (Å²) in [5, 5.41) is 24.5. The van der Waals surface area contributed by atoms with Gasteiger partial charge in [-0.3, -0.25) is 14.6 Å². The Morgan fingerprint density at radius 1 is 0.889 bits per heavy atom. The van der Waals surface area contributed by atoms with Crippen LogP contribution < -0.4 is 21.5 Å². The Bertz CT molecular complexity index is 1280. The van der Waals surface area contributed by atoms with Gasteiger partial charge in [0.25, 0.3) is 11.8 Å². The third-order valence-corrected chi connectivity index (χ3v) is 5.39. The monoisotopic (exact) mass is 491 g/mol. The highest BCUT2D eigenvalue weighted by Gasteiger charge is 2.14. The van der Waals surface area contributed by atoms with E-state index in [9.17, 15) is 19.8 Å². The second-order valence-corrected chi connectivity index (χ2v) is 7.76. The molecule has 2 aromatic carbocycles. The van der Waals surface area contributed by atoms with Crippen LogP contribution in [0, 0.1) is 0 Å². The van der Waals surface area contributed by atoms with Crippen molar-refractivity contribution in [1.82, 2.24) is 31.5 Å². The molecular formula is C25H29N7O4. The number of aromatic hydroxyl groups is 2. The first-order valence-corrected chi connectivity index (χ1v) is 11.3. The number of phenols is 2. The van der Waals surface area contributed by atoms with Crippen LogP contribution in [0.5, 0.6) is 11.5 Å². The van der Waals surface area contributed by atoms with E-state index in [0.29, 0.717) is 11.4 Å². The fourth-order valence-electron chi connectivity index (χ4n) is 3.47. The number of hydrazine groups is 1. The molecule has 1 heterocycles. The van der Waals surface area contributed by atoms with Gasteiger partial charge in [0, 0.05) is 38.8 Å². The van der Waals surface area contributed by atoms with Crippen molar-refractivity contribution < 1.29 is 19.8 Å². The molecule has 0 fully saturated rings. The lowest BCUT2D eigenvalue weighted by atomic mass is 10.0. The third-order valence-electron chi connectivity index (χ3n) is 5.39. The molecule has 0 spiro atoms. The maximum Gasteiger partial charge on any atom is 0.270 e. The standard InChI is InChI=1S/C25H29N7O4/c1-4-16-10-17(23(26-2)32-27-3)6-7-18(16)13-29-25(36)20-11-19(30-14-31-20)24(35)28-12-15-5-8-21(33)22(34)9-15/h5-11,14,27,33-34H,4,12-13H2,1-3H3,(H,26,32)(H,28,35)(H,29,36). The summed E-state index contributed by atoms with van der Waals surface area (Å²) in [5.41, 5.74) is 9.47. The molecule has 0 bridgehead atoms. The zero-order valence-electron chi connectivity index (χ0n) is 20.3. The summed E-state index contributed by atoms with van der Waals surface area (Å²) in [6, 6.07) is 11.4. The summed E-state index contributed by atoms with van der Waals surface area (Å²) < 4.78 is 0. The van der Waals surface area contributed by atoms with Crippen LogP contribution in [0.25, 0.3) is 0 Å². The number of amidine groups is 1. The first-order chi connectivity index (χ1) is 17.4. The number of phenolic OH excluding ortho intramolecular Hbond substituents is 2. The van der Waals surface area contributed by atoms with Crippen molar-refractivity contribution in [3.63, 3.8) is 0 Å². The van der Waals surface area contributed by atoms with Gasteiger partial charge in [-0.15, -0.1) is 0 Å². The van der Waals surface area contributed by atoms with E-state index in [0.717, 1.165) is 29.4 Å². The molecule has 0 saturated carbocycles. The fraction of sp³-hybridized carbons (Fsp3) is 0.240. The largest absolute Gasteiger partial charge is 0.504 e. The predicted octanol–water partition coefficient (Wildman–Crippen LogP) is 1.41. The number of aromatic nitrogens is 2. The molecule has 0 aliphatic rings. The molecule has 1 aromatic heterocycles. The van der Waals surface area contributed by atoms with Gasteiger partial charge in [-0.25, -0.2) is 15.4 Å². The maximum atomic E-state index is 12.7. The van der Waals surface area contributed by atoms with Crippen LogP contribution in [0.4, 0.5) is 0 Å². The molecular weight excluding hydrogens is 462 g/mol. The van der Waals surface area contributed by atoms with Gasteiger partial charge in [-0.05, 0) is 41.3 Å². The molecule has 0 radical (unpaired) electrons. The van der Waals surface area contributed by atoms with Crippen molar-refractivity contribution in [1.29, 1.82) is 0 Å². The van der Waals surface area contributed by atoms with Crippen molar-refractivity contribution >= 4 is 17.6 Å². The number of aryl methyl sites for hydroxylation is 1. The van der Waals surface area contributed by atoms with E-state index >= 15 is 0 Å². The van der Waals surface area contributed by atoms with Gasteiger partial charge in [0.2, 0.25) is 0 Å². The Hall–Kier alpha value is -4.51. The van der Waals surface area contributed by atoms with E-state index in [1.165, 1.54) is 18.2 Å². The van der Waals surface area contributed by atoms with Gasteiger partial charge in [0.1, 0.15) is 23.6 Å².